The minimum atomic E-state index is -0.931. The normalized spacial score (nSPS) is 15.5. The van der Waals surface area contributed by atoms with E-state index in [4.69, 9.17) is 10.8 Å². The molecule has 0 aliphatic rings. The average molecular weight is 160 g/mol. The van der Waals surface area contributed by atoms with Crippen molar-refractivity contribution in [1.29, 1.82) is 0 Å². The maximum Gasteiger partial charge on any atom is 0.303 e. The van der Waals surface area contributed by atoms with Crippen LogP contribution in [0.5, 0.6) is 0 Å². The smallest absolute Gasteiger partial charge is 0.303 e. The van der Waals surface area contributed by atoms with Gasteiger partial charge in [-0.3, -0.25) is 4.79 Å². The van der Waals surface area contributed by atoms with Crippen molar-refractivity contribution in [2.75, 3.05) is 6.54 Å². The Hall–Kier alpha value is -0.970. The molecule has 0 aromatic rings. The zero-order valence-electron chi connectivity index (χ0n) is 6.36. The van der Waals surface area contributed by atoms with Gasteiger partial charge in [-0.25, -0.2) is 0 Å². The van der Waals surface area contributed by atoms with E-state index < -0.39 is 12.0 Å². The molecule has 0 aromatic heterocycles. The third-order valence-corrected chi connectivity index (χ3v) is 1.53. The summed E-state index contributed by atoms with van der Waals surface area (Å²) in [4.78, 5) is 20.2. The van der Waals surface area contributed by atoms with E-state index in [0.717, 1.165) is 0 Å². The number of nitrogens with zero attached hydrogens (tertiary/aromatic N) is 1. The fourth-order valence-corrected chi connectivity index (χ4v) is 0.791. The van der Waals surface area contributed by atoms with Gasteiger partial charge in [-0.05, 0) is 5.92 Å². The summed E-state index contributed by atoms with van der Waals surface area (Å²) in [6.07, 6.45) is -0.0619. The number of carboxylic acid groups (broad SMARTS) is 1. The lowest BCUT2D eigenvalue weighted by Crippen LogP contribution is -2.26. The van der Waals surface area contributed by atoms with E-state index in [-0.39, 0.29) is 18.9 Å². The van der Waals surface area contributed by atoms with Crippen molar-refractivity contribution in [2.24, 2.45) is 16.8 Å². The first-order chi connectivity index (χ1) is 5.11. The fraction of sp³-hybridized carbons (Fsp3) is 0.833. The first kappa shape index (κ1) is 10.0. The maximum absolute atomic E-state index is 10.2. The van der Waals surface area contributed by atoms with Crippen molar-refractivity contribution in [3.63, 3.8) is 0 Å². The monoisotopic (exact) mass is 160 g/mol. The van der Waals surface area contributed by atoms with Crippen molar-refractivity contribution in [3.8, 4) is 0 Å². The number of aliphatic carboxylic acids is 1. The van der Waals surface area contributed by atoms with Crippen LogP contribution in [0.15, 0.2) is 5.18 Å². The molecule has 0 aromatic carbocycles. The lowest BCUT2D eigenvalue weighted by molar-refractivity contribution is -0.138. The predicted molar refractivity (Wildman–Crippen MR) is 40.1 cm³/mol. The van der Waals surface area contributed by atoms with Gasteiger partial charge < -0.3 is 10.8 Å². The number of nitroso groups, excluding NO2 is 1. The third-order valence-electron chi connectivity index (χ3n) is 1.53. The SMILES string of the molecule is CC(CC(=O)O)C(CN)N=O. The van der Waals surface area contributed by atoms with Crippen LogP contribution in [-0.4, -0.2) is 23.7 Å². The average Bonchev–Trinajstić information content (AvgIpc) is 1.88. The molecule has 5 nitrogen and oxygen atoms in total. The van der Waals surface area contributed by atoms with Crippen molar-refractivity contribution in [2.45, 2.75) is 19.4 Å². The minimum absolute atomic E-state index is 0.0619. The van der Waals surface area contributed by atoms with E-state index in [0.29, 0.717) is 0 Å². The van der Waals surface area contributed by atoms with Gasteiger partial charge in [0.15, 0.2) is 0 Å². The van der Waals surface area contributed by atoms with Crippen LogP contribution >= 0.6 is 0 Å². The van der Waals surface area contributed by atoms with Gasteiger partial charge in [-0.2, -0.15) is 4.91 Å². The summed E-state index contributed by atoms with van der Waals surface area (Å²) in [6.45, 7) is 1.75. The number of hydrogen-bond acceptors (Lipinski definition) is 4. The second kappa shape index (κ2) is 4.79. The summed E-state index contributed by atoms with van der Waals surface area (Å²) in [5.41, 5.74) is 5.17. The zero-order chi connectivity index (χ0) is 8.85. The molecule has 3 N–H and O–H groups in total. The summed E-state index contributed by atoms with van der Waals surface area (Å²) in [5.74, 6) is -1.21. The molecular weight excluding hydrogens is 148 g/mol. The van der Waals surface area contributed by atoms with E-state index >= 15 is 0 Å². The number of nitrogens with two attached hydrogens (primary N) is 1. The highest BCUT2D eigenvalue weighted by Gasteiger charge is 2.18. The number of hydrogen-bond donors (Lipinski definition) is 2. The van der Waals surface area contributed by atoms with Crippen LogP contribution in [-0.2, 0) is 4.79 Å². The van der Waals surface area contributed by atoms with E-state index in [1.54, 1.807) is 6.92 Å². The summed E-state index contributed by atoms with van der Waals surface area (Å²) >= 11 is 0. The minimum Gasteiger partial charge on any atom is -0.481 e. The van der Waals surface area contributed by atoms with Crippen LogP contribution in [0.4, 0.5) is 0 Å². The van der Waals surface area contributed by atoms with E-state index in [2.05, 4.69) is 5.18 Å². The van der Waals surface area contributed by atoms with Gasteiger partial charge in [0.2, 0.25) is 0 Å². The van der Waals surface area contributed by atoms with E-state index in [1.165, 1.54) is 0 Å². The van der Waals surface area contributed by atoms with Gasteiger partial charge >= 0.3 is 5.97 Å². The van der Waals surface area contributed by atoms with Crippen molar-refractivity contribution in [1.82, 2.24) is 0 Å². The molecule has 64 valence electrons. The van der Waals surface area contributed by atoms with Crippen LogP contribution in [0, 0.1) is 10.8 Å². The van der Waals surface area contributed by atoms with Crippen molar-refractivity contribution < 1.29 is 9.90 Å². The lowest BCUT2D eigenvalue weighted by atomic mass is 9.99. The van der Waals surface area contributed by atoms with E-state index in [1.807, 2.05) is 0 Å². The molecule has 0 amide bonds. The van der Waals surface area contributed by atoms with Crippen LogP contribution in [0.2, 0.25) is 0 Å². The Bertz CT molecular complexity index is 149. The summed E-state index contributed by atoms with van der Waals surface area (Å²) in [6, 6.07) is -0.578. The molecular formula is C6H12N2O3. The molecule has 5 heteroatoms. The summed E-state index contributed by atoms with van der Waals surface area (Å²) in [5, 5.41) is 11.1. The maximum atomic E-state index is 10.2. The van der Waals surface area contributed by atoms with E-state index in [9.17, 15) is 9.70 Å². The topological polar surface area (TPSA) is 92.8 Å². The van der Waals surface area contributed by atoms with Gasteiger partial charge in [-0.1, -0.05) is 12.1 Å². The third kappa shape index (κ3) is 3.67. The Morgan fingerprint density at radius 3 is 2.55 bits per heavy atom. The molecule has 2 atom stereocenters. The molecule has 0 heterocycles. The largest absolute Gasteiger partial charge is 0.481 e. The molecule has 0 fully saturated rings. The number of rotatable bonds is 5. The first-order valence-corrected chi connectivity index (χ1v) is 3.36. The van der Waals surface area contributed by atoms with Crippen LogP contribution < -0.4 is 5.73 Å². The molecule has 0 saturated heterocycles. The van der Waals surface area contributed by atoms with Gasteiger partial charge in [-0.15, -0.1) is 0 Å². The fourth-order valence-electron chi connectivity index (χ4n) is 0.791. The highest BCUT2D eigenvalue weighted by atomic mass is 16.4. The van der Waals surface area contributed by atoms with Crippen molar-refractivity contribution >= 4 is 5.97 Å². The van der Waals surface area contributed by atoms with Gasteiger partial charge in [0.25, 0.3) is 0 Å². The Balaban J connectivity index is 3.87. The molecule has 0 saturated carbocycles. The standard InChI is InChI=1S/C6H12N2O3/c1-4(2-6(9)10)5(3-7)8-11/h4-5H,2-3,7H2,1H3,(H,9,10). The molecule has 11 heavy (non-hydrogen) atoms. The molecule has 0 bridgehead atoms. The molecule has 0 rings (SSSR count). The Morgan fingerprint density at radius 1 is 1.73 bits per heavy atom. The first-order valence-electron chi connectivity index (χ1n) is 3.36. The second-order valence-electron chi connectivity index (χ2n) is 2.48. The molecule has 2 unspecified atom stereocenters. The molecule has 0 spiro atoms. The molecule has 0 radical (unpaired) electrons. The highest BCUT2D eigenvalue weighted by Crippen LogP contribution is 2.09. The predicted octanol–water partition coefficient (Wildman–Crippen LogP) is 0.191. The summed E-state index contributed by atoms with van der Waals surface area (Å²) in [7, 11) is 0. The van der Waals surface area contributed by atoms with Crippen molar-refractivity contribution in [3.05, 3.63) is 4.91 Å². The quantitative estimate of drug-likeness (QED) is 0.561. The Morgan fingerprint density at radius 2 is 2.27 bits per heavy atom. The van der Waals surface area contributed by atoms with Gasteiger partial charge in [0, 0.05) is 6.54 Å². The van der Waals surface area contributed by atoms with Gasteiger partial charge in [0.05, 0.1) is 6.42 Å². The van der Waals surface area contributed by atoms with Crippen LogP contribution in [0.25, 0.3) is 0 Å². The lowest BCUT2D eigenvalue weighted by Gasteiger charge is -2.12. The molecule has 0 aliphatic carbocycles. The van der Waals surface area contributed by atoms with Gasteiger partial charge in [0.1, 0.15) is 6.04 Å². The molecule has 0 aliphatic heterocycles. The zero-order valence-corrected chi connectivity index (χ0v) is 6.36. The second-order valence-corrected chi connectivity index (χ2v) is 2.48. The summed E-state index contributed by atoms with van der Waals surface area (Å²) < 4.78 is 0. The van der Waals surface area contributed by atoms with Crippen LogP contribution in [0.1, 0.15) is 13.3 Å². The highest BCUT2D eigenvalue weighted by molar-refractivity contribution is 5.67. The van der Waals surface area contributed by atoms with Crippen LogP contribution in [0.3, 0.4) is 0 Å². The number of carboxylic acids is 1. The Kier molecular flexibility index (Phi) is 4.36. The number of carbonyl (C=O) groups is 1. The Labute approximate surface area is 64.6 Å².